The first kappa shape index (κ1) is 26.4. The Kier molecular flexibility index (Phi) is 11.6. The molecule has 2 heteroatoms. The van der Waals surface area contributed by atoms with Gasteiger partial charge in [0.05, 0.1) is 11.9 Å². The van der Waals surface area contributed by atoms with E-state index in [1.165, 1.54) is 93.9 Å². The number of nitrogens with zero attached hydrogens (tertiary/aromatic N) is 2. The Morgan fingerprint density at radius 1 is 0.853 bits per heavy atom. The van der Waals surface area contributed by atoms with Crippen molar-refractivity contribution in [1.29, 1.82) is 0 Å². The largest absolute Gasteiger partial charge is 0.158 e. The van der Waals surface area contributed by atoms with Crippen LogP contribution in [0.4, 0.5) is 0 Å². The van der Waals surface area contributed by atoms with Gasteiger partial charge in [-0.25, -0.2) is 0 Å². The van der Waals surface area contributed by atoms with Crippen molar-refractivity contribution in [3.05, 3.63) is 71.3 Å². The third kappa shape index (κ3) is 8.22. The van der Waals surface area contributed by atoms with Crippen molar-refractivity contribution < 1.29 is 0 Å². The summed E-state index contributed by atoms with van der Waals surface area (Å²) in [4.78, 5) is 0. The second-order valence-electron chi connectivity index (χ2n) is 10.2. The maximum absolute atomic E-state index is 4.82. The van der Waals surface area contributed by atoms with Gasteiger partial charge in [0.1, 0.15) is 0 Å². The van der Waals surface area contributed by atoms with Crippen LogP contribution in [0.1, 0.15) is 108 Å². The van der Waals surface area contributed by atoms with E-state index >= 15 is 0 Å². The van der Waals surface area contributed by atoms with Gasteiger partial charge in [-0.1, -0.05) is 114 Å². The monoisotopic (exact) mass is 458 g/mol. The van der Waals surface area contributed by atoms with Gasteiger partial charge in [-0.05, 0) is 67.1 Å². The lowest BCUT2D eigenvalue weighted by molar-refractivity contribution is 0.212. The molecule has 1 fully saturated rings. The Balaban J connectivity index is 1.65. The molecule has 184 valence electrons. The van der Waals surface area contributed by atoms with Crippen molar-refractivity contribution in [3.8, 4) is 0 Å². The van der Waals surface area contributed by atoms with Gasteiger partial charge < -0.3 is 0 Å². The lowest BCUT2D eigenvalue weighted by Crippen LogP contribution is -2.26. The number of hydrogen-bond acceptors (Lipinski definition) is 2. The molecule has 1 atom stereocenters. The van der Waals surface area contributed by atoms with Crippen LogP contribution in [-0.4, -0.2) is 11.9 Å². The van der Waals surface area contributed by atoms with Crippen molar-refractivity contribution in [3.63, 3.8) is 0 Å². The number of rotatable bonds is 13. The molecule has 0 N–H and O–H groups in total. The third-order valence-electron chi connectivity index (χ3n) is 7.75. The minimum atomic E-state index is 0.514. The van der Waals surface area contributed by atoms with Crippen LogP contribution < -0.4 is 0 Å². The highest BCUT2D eigenvalue weighted by Crippen LogP contribution is 2.38. The van der Waals surface area contributed by atoms with Crippen LogP contribution in [0.2, 0.25) is 0 Å². The molecule has 0 saturated heterocycles. The Labute approximate surface area is 209 Å². The molecule has 1 aliphatic rings. The molecule has 0 radical (unpaired) electrons. The average molecular weight is 459 g/mol. The topological polar surface area (TPSA) is 24.7 Å². The molecule has 0 heterocycles. The average Bonchev–Trinajstić information content (AvgIpc) is 2.89. The van der Waals surface area contributed by atoms with Crippen LogP contribution >= 0.6 is 0 Å². The van der Waals surface area contributed by atoms with Gasteiger partial charge in [0.15, 0.2) is 0 Å². The summed E-state index contributed by atoms with van der Waals surface area (Å²) in [6, 6.07) is 19.6. The van der Waals surface area contributed by atoms with Crippen LogP contribution in [0.3, 0.4) is 0 Å². The zero-order valence-electron chi connectivity index (χ0n) is 21.9. The van der Waals surface area contributed by atoms with Gasteiger partial charge in [-0.3, -0.25) is 0 Å². The fraction of sp³-hybridized carbons (Fsp3) is 0.562. The van der Waals surface area contributed by atoms with Crippen LogP contribution in [0, 0.1) is 17.8 Å². The molecule has 0 spiro atoms. The zero-order valence-corrected chi connectivity index (χ0v) is 21.9. The first-order chi connectivity index (χ1) is 16.7. The SMILES string of the molecule is CCCCCCc1ccc(C=NN=C(c2ccccc2)[C@H]2CC[C@H](C(CC)CCC)CC2)cc1. The predicted octanol–water partition coefficient (Wildman–Crippen LogP) is 9.27. The highest BCUT2D eigenvalue weighted by atomic mass is 15.2. The van der Waals surface area contributed by atoms with Gasteiger partial charge >= 0.3 is 0 Å². The first-order valence-corrected chi connectivity index (χ1v) is 14.0. The van der Waals surface area contributed by atoms with Crippen LogP contribution in [0.15, 0.2) is 64.8 Å². The normalized spacial score (nSPS) is 20.0. The quantitative estimate of drug-likeness (QED) is 0.162. The van der Waals surface area contributed by atoms with Crippen molar-refractivity contribution >= 4 is 11.9 Å². The number of aryl methyl sites for hydroxylation is 1. The first-order valence-electron chi connectivity index (χ1n) is 14.0. The van der Waals surface area contributed by atoms with E-state index in [1.54, 1.807) is 0 Å². The highest BCUT2D eigenvalue weighted by Gasteiger charge is 2.29. The molecule has 0 bridgehead atoms. The van der Waals surface area contributed by atoms with Gasteiger partial charge in [0.25, 0.3) is 0 Å². The van der Waals surface area contributed by atoms with Crippen molar-refractivity contribution in [2.45, 2.75) is 97.8 Å². The fourth-order valence-corrected chi connectivity index (χ4v) is 5.68. The molecule has 0 aliphatic heterocycles. The molecule has 34 heavy (non-hydrogen) atoms. The molecule has 2 aromatic carbocycles. The molecule has 0 amide bonds. The van der Waals surface area contributed by atoms with Crippen molar-refractivity contribution in [1.82, 2.24) is 0 Å². The van der Waals surface area contributed by atoms with E-state index in [-0.39, 0.29) is 0 Å². The fourth-order valence-electron chi connectivity index (χ4n) is 5.68. The van der Waals surface area contributed by atoms with Crippen LogP contribution in [-0.2, 0) is 6.42 Å². The van der Waals surface area contributed by atoms with Crippen molar-refractivity contribution in [2.75, 3.05) is 0 Å². The minimum absolute atomic E-state index is 0.514. The van der Waals surface area contributed by atoms with E-state index in [0.717, 1.165) is 17.4 Å². The number of unbranched alkanes of at least 4 members (excludes halogenated alkanes) is 3. The summed E-state index contributed by atoms with van der Waals surface area (Å²) in [6.07, 6.45) is 17.5. The van der Waals surface area contributed by atoms with Crippen LogP contribution in [0.5, 0.6) is 0 Å². The standard InChI is InChI=1S/C32H46N2/c1-4-7-8-10-14-26-17-19-27(20-18-26)25-33-34-32(30-15-11-9-12-16-30)31-23-21-29(22-24-31)28(6-3)13-5-2/h9,11-12,15-20,25,28-29,31H,4-8,10,13-14,21-24H2,1-3H3/t28?,29-,31-. The maximum Gasteiger partial charge on any atom is 0.0733 e. The Morgan fingerprint density at radius 2 is 1.59 bits per heavy atom. The van der Waals surface area contributed by atoms with E-state index in [1.807, 2.05) is 6.21 Å². The second kappa shape index (κ2) is 14.9. The van der Waals surface area contributed by atoms with E-state index < -0.39 is 0 Å². The predicted molar refractivity (Wildman–Crippen MR) is 149 cm³/mol. The summed E-state index contributed by atoms with van der Waals surface area (Å²) in [5.74, 6) is 2.30. The van der Waals surface area contributed by atoms with Gasteiger partial charge in [0.2, 0.25) is 0 Å². The molecule has 2 aromatic rings. The van der Waals surface area contributed by atoms with E-state index in [2.05, 4.69) is 80.5 Å². The summed E-state index contributed by atoms with van der Waals surface area (Å²) in [6.45, 7) is 6.96. The minimum Gasteiger partial charge on any atom is -0.158 e. The lowest BCUT2D eigenvalue weighted by atomic mass is 9.72. The Bertz CT molecular complexity index is 858. The molecule has 0 aromatic heterocycles. The summed E-state index contributed by atoms with van der Waals surface area (Å²) in [5, 5.41) is 9.39. The summed E-state index contributed by atoms with van der Waals surface area (Å²) < 4.78 is 0. The molecular formula is C32H46N2. The Morgan fingerprint density at radius 3 is 2.24 bits per heavy atom. The smallest absolute Gasteiger partial charge is 0.0733 e. The third-order valence-corrected chi connectivity index (χ3v) is 7.75. The number of benzene rings is 2. The molecule has 1 unspecified atom stereocenters. The number of hydrogen-bond donors (Lipinski definition) is 0. The van der Waals surface area contributed by atoms with E-state index in [4.69, 9.17) is 5.10 Å². The van der Waals surface area contributed by atoms with Gasteiger partial charge in [0, 0.05) is 5.92 Å². The Hall–Kier alpha value is -2.22. The zero-order chi connectivity index (χ0) is 24.0. The second-order valence-corrected chi connectivity index (χ2v) is 10.2. The maximum atomic E-state index is 4.82. The molecular weight excluding hydrogens is 412 g/mol. The molecule has 1 saturated carbocycles. The van der Waals surface area contributed by atoms with Gasteiger partial charge in [-0.15, -0.1) is 0 Å². The molecule has 2 nitrogen and oxygen atoms in total. The lowest BCUT2D eigenvalue weighted by Gasteiger charge is -2.34. The summed E-state index contributed by atoms with van der Waals surface area (Å²) in [5.41, 5.74) is 4.95. The van der Waals surface area contributed by atoms with Crippen LogP contribution in [0.25, 0.3) is 0 Å². The van der Waals surface area contributed by atoms with E-state index in [0.29, 0.717) is 5.92 Å². The van der Waals surface area contributed by atoms with Crippen molar-refractivity contribution in [2.24, 2.45) is 28.0 Å². The highest BCUT2D eigenvalue weighted by molar-refractivity contribution is 6.02. The molecule has 1 aliphatic carbocycles. The van der Waals surface area contributed by atoms with E-state index in [9.17, 15) is 0 Å². The van der Waals surface area contributed by atoms with Gasteiger partial charge in [-0.2, -0.15) is 10.2 Å². The summed E-state index contributed by atoms with van der Waals surface area (Å²) >= 11 is 0. The molecule has 3 rings (SSSR count). The summed E-state index contributed by atoms with van der Waals surface area (Å²) in [7, 11) is 0.